The van der Waals surface area contributed by atoms with Crippen molar-refractivity contribution in [1.29, 1.82) is 0 Å². The first-order valence-corrected chi connectivity index (χ1v) is 8.12. The van der Waals surface area contributed by atoms with Gasteiger partial charge in [0.1, 0.15) is 10.1 Å². The average molecular weight is 293 g/mol. The van der Waals surface area contributed by atoms with E-state index >= 15 is 0 Å². The lowest BCUT2D eigenvalue weighted by Crippen LogP contribution is -1.98. The second-order valence-corrected chi connectivity index (χ2v) is 7.21. The molecule has 3 nitrogen and oxygen atoms in total. The standard InChI is InChI=1S/C14H19N3S2/c1-8(2)10-5-6-11-12(7-10)17-13(18-9(3)4)14(16-11)19-15/h5-9H,15H2,1-4H3. The van der Waals surface area contributed by atoms with Crippen LogP contribution in [0.2, 0.25) is 0 Å². The Morgan fingerprint density at radius 1 is 1.00 bits per heavy atom. The van der Waals surface area contributed by atoms with Gasteiger partial charge in [-0.15, -0.1) is 11.8 Å². The van der Waals surface area contributed by atoms with Crippen LogP contribution in [0.5, 0.6) is 0 Å². The Morgan fingerprint density at radius 2 is 1.68 bits per heavy atom. The molecular weight excluding hydrogens is 274 g/mol. The number of hydrogen-bond donors (Lipinski definition) is 1. The number of benzene rings is 1. The van der Waals surface area contributed by atoms with E-state index in [-0.39, 0.29) is 0 Å². The van der Waals surface area contributed by atoms with Gasteiger partial charge in [-0.3, -0.25) is 5.14 Å². The summed E-state index contributed by atoms with van der Waals surface area (Å²) in [4.78, 5) is 9.33. The molecule has 0 unspecified atom stereocenters. The van der Waals surface area contributed by atoms with E-state index in [1.807, 2.05) is 6.07 Å². The maximum atomic E-state index is 5.70. The molecule has 2 rings (SSSR count). The highest BCUT2D eigenvalue weighted by Crippen LogP contribution is 2.30. The van der Waals surface area contributed by atoms with Crippen molar-refractivity contribution in [3.63, 3.8) is 0 Å². The van der Waals surface area contributed by atoms with Crippen LogP contribution in [-0.4, -0.2) is 15.2 Å². The lowest BCUT2D eigenvalue weighted by atomic mass is 10.0. The molecule has 0 aliphatic rings. The SMILES string of the molecule is CC(C)Sc1nc2cc(C(C)C)ccc2nc1SN. The first-order valence-electron chi connectivity index (χ1n) is 6.36. The lowest BCUT2D eigenvalue weighted by Gasteiger charge is -2.11. The molecule has 0 saturated heterocycles. The van der Waals surface area contributed by atoms with Crippen LogP contribution in [-0.2, 0) is 0 Å². The van der Waals surface area contributed by atoms with Crippen molar-refractivity contribution in [1.82, 2.24) is 9.97 Å². The summed E-state index contributed by atoms with van der Waals surface area (Å²) in [6.07, 6.45) is 0. The number of nitrogens with two attached hydrogens (primary N) is 1. The van der Waals surface area contributed by atoms with Crippen molar-refractivity contribution in [2.24, 2.45) is 5.14 Å². The molecule has 0 fully saturated rings. The molecule has 0 aliphatic heterocycles. The summed E-state index contributed by atoms with van der Waals surface area (Å²) in [7, 11) is 0. The fraction of sp³-hybridized carbons (Fsp3) is 0.429. The van der Waals surface area contributed by atoms with Gasteiger partial charge in [0.25, 0.3) is 0 Å². The van der Waals surface area contributed by atoms with Gasteiger partial charge in [0.15, 0.2) is 0 Å². The largest absolute Gasteiger partial charge is 0.272 e. The fourth-order valence-electron chi connectivity index (χ4n) is 1.77. The van der Waals surface area contributed by atoms with E-state index in [0.29, 0.717) is 11.2 Å². The maximum absolute atomic E-state index is 5.70. The lowest BCUT2D eigenvalue weighted by molar-refractivity contribution is 0.865. The molecular formula is C14H19N3S2. The molecule has 2 N–H and O–H groups in total. The first kappa shape index (κ1) is 14.6. The Kier molecular flexibility index (Phi) is 4.71. The number of nitrogens with zero attached hydrogens (tertiary/aromatic N) is 2. The molecule has 0 bridgehead atoms. The van der Waals surface area contributed by atoms with Gasteiger partial charge in [-0.25, -0.2) is 9.97 Å². The predicted octanol–water partition coefficient (Wildman–Crippen LogP) is 4.22. The molecule has 0 atom stereocenters. The van der Waals surface area contributed by atoms with Crippen molar-refractivity contribution in [2.75, 3.05) is 0 Å². The van der Waals surface area contributed by atoms with E-state index in [2.05, 4.69) is 44.8 Å². The molecule has 0 spiro atoms. The Bertz CT molecular complexity index is 582. The maximum Gasteiger partial charge on any atom is 0.144 e. The molecule has 0 aliphatic carbocycles. The van der Waals surface area contributed by atoms with Gasteiger partial charge in [0.05, 0.1) is 11.0 Å². The molecule has 1 heterocycles. The zero-order chi connectivity index (χ0) is 14.0. The van der Waals surface area contributed by atoms with Crippen LogP contribution in [0.15, 0.2) is 28.3 Å². The number of aromatic nitrogens is 2. The van der Waals surface area contributed by atoms with Crippen LogP contribution in [0.4, 0.5) is 0 Å². The Labute approximate surface area is 122 Å². The minimum absolute atomic E-state index is 0.464. The monoisotopic (exact) mass is 293 g/mol. The third kappa shape index (κ3) is 3.41. The normalized spacial score (nSPS) is 11.7. The van der Waals surface area contributed by atoms with E-state index in [4.69, 9.17) is 10.1 Å². The zero-order valence-corrected chi connectivity index (χ0v) is 13.3. The number of fused-ring (bicyclic) bond motifs is 1. The van der Waals surface area contributed by atoms with Crippen molar-refractivity contribution in [3.8, 4) is 0 Å². The fourth-order valence-corrected chi connectivity index (χ4v) is 3.11. The topological polar surface area (TPSA) is 51.8 Å². The van der Waals surface area contributed by atoms with Crippen LogP contribution in [0, 0.1) is 0 Å². The molecule has 0 amide bonds. The van der Waals surface area contributed by atoms with E-state index in [1.165, 1.54) is 17.5 Å². The van der Waals surface area contributed by atoms with E-state index in [9.17, 15) is 0 Å². The Hall–Kier alpha value is -0.780. The zero-order valence-electron chi connectivity index (χ0n) is 11.7. The molecule has 1 aromatic heterocycles. The predicted molar refractivity (Wildman–Crippen MR) is 84.7 cm³/mol. The van der Waals surface area contributed by atoms with Gasteiger partial charge in [0.2, 0.25) is 0 Å². The van der Waals surface area contributed by atoms with Crippen molar-refractivity contribution < 1.29 is 0 Å². The molecule has 102 valence electrons. The summed E-state index contributed by atoms with van der Waals surface area (Å²) in [5, 5.41) is 7.90. The first-order chi connectivity index (χ1) is 9.01. The van der Waals surface area contributed by atoms with Crippen LogP contribution >= 0.6 is 23.7 Å². The molecule has 0 radical (unpaired) electrons. The smallest absolute Gasteiger partial charge is 0.144 e. The molecule has 2 aromatic rings. The van der Waals surface area contributed by atoms with Crippen molar-refractivity contribution in [3.05, 3.63) is 23.8 Å². The van der Waals surface area contributed by atoms with Crippen LogP contribution in [0.3, 0.4) is 0 Å². The molecule has 5 heteroatoms. The summed E-state index contributed by atoms with van der Waals surface area (Å²) in [6.45, 7) is 8.66. The second-order valence-electron chi connectivity index (χ2n) is 5.02. The van der Waals surface area contributed by atoms with Gasteiger partial charge < -0.3 is 0 Å². The molecule has 0 saturated carbocycles. The van der Waals surface area contributed by atoms with Crippen LogP contribution < -0.4 is 5.14 Å². The third-order valence-corrected chi connectivity index (χ3v) is 4.37. The Balaban J connectivity index is 2.55. The van der Waals surface area contributed by atoms with Gasteiger partial charge >= 0.3 is 0 Å². The van der Waals surface area contributed by atoms with Gasteiger partial charge in [0, 0.05) is 5.25 Å². The van der Waals surface area contributed by atoms with Crippen molar-refractivity contribution in [2.45, 2.75) is 48.9 Å². The van der Waals surface area contributed by atoms with E-state index in [0.717, 1.165) is 21.1 Å². The summed E-state index contributed by atoms with van der Waals surface area (Å²) in [5.41, 5.74) is 3.15. The van der Waals surface area contributed by atoms with Crippen LogP contribution in [0.25, 0.3) is 11.0 Å². The average Bonchev–Trinajstić information content (AvgIpc) is 2.36. The number of hydrogen-bond acceptors (Lipinski definition) is 5. The van der Waals surface area contributed by atoms with Gasteiger partial charge in [-0.2, -0.15) is 0 Å². The highest BCUT2D eigenvalue weighted by Gasteiger charge is 2.12. The van der Waals surface area contributed by atoms with Gasteiger partial charge in [-0.05, 0) is 35.6 Å². The summed E-state index contributed by atoms with van der Waals surface area (Å²) in [5.74, 6) is 0.496. The van der Waals surface area contributed by atoms with Crippen LogP contribution in [0.1, 0.15) is 39.2 Å². The van der Waals surface area contributed by atoms with E-state index in [1.54, 1.807) is 11.8 Å². The van der Waals surface area contributed by atoms with E-state index < -0.39 is 0 Å². The van der Waals surface area contributed by atoms with Gasteiger partial charge in [-0.1, -0.05) is 33.8 Å². The highest BCUT2D eigenvalue weighted by molar-refractivity contribution is 8.01. The quantitative estimate of drug-likeness (QED) is 0.675. The third-order valence-electron chi connectivity index (χ3n) is 2.75. The highest BCUT2D eigenvalue weighted by atomic mass is 32.2. The summed E-state index contributed by atoms with van der Waals surface area (Å²) < 4.78 is 0. The number of rotatable bonds is 4. The minimum Gasteiger partial charge on any atom is -0.272 e. The minimum atomic E-state index is 0.464. The second kappa shape index (κ2) is 6.11. The summed E-state index contributed by atoms with van der Waals surface area (Å²) >= 11 is 2.87. The number of thioether (sulfide) groups is 1. The molecule has 19 heavy (non-hydrogen) atoms. The molecule has 1 aromatic carbocycles. The Morgan fingerprint density at radius 3 is 2.26 bits per heavy atom. The van der Waals surface area contributed by atoms with Crippen molar-refractivity contribution >= 4 is 34.7 Å². The summed E-state index contributed by atoms with van der Waals surface area (Å²) in [6, 6.07) is 6.27.